The maximum atomic E-state index is 13.8. The molecule has 0 amide bonds. The van der Waals surface area contributed by atoms with Gasteiger partial charge in [-0.15, -0.1) is 0 Å². The van der Waals surface area contributed by atoms with Crippen molar-refractivity contribution in [1.29, 1.82) is 0 Å². The molecule has 0 saturated heterocycles. The Morgan fingerprint density at radius 3 is 2.68 bits per heavy atom. The summed E-state index contributed by atoms with van der Waals surface area (Å²) in [5.74, 6) is -1.36. The van der Waals surface area contributed by atoms with Crippen LogP contribution in [0.3, 0.4) is 0 Å². The number of fused-ring (bicyclic) bond motifs is 1. The normalized spacial score (nSPS) is 14.4. The highest BCUT2D eigenvalue weighted by Gasteiger charge is 2.30. The van der Waals surface area contributed by atoms with E-state index in [1.54, 1.807) is 6.92 Å². The minimum Gasteiger partial charge on any atom is -0.462 e. The van der Waals surface area contributed by atoms with Gasteiger partial charge in [0, 0.05) is 0 Å². The first kappa shape index (κ1) is 15.3. The van der Waals surface area contributed by atoms with Crippen LogP contribution in [0, 0.1) is 5.82 Å². The second-order valence-corrected chi connectivity index (χ2v) is 5.89. The molecule has 1 saturated carbocycles. The van der Waals surface area contributed by atoms with Gasteiger partial charge in [-0.2, -0.15) is 0 Å². The van der Waals surface area contributed by atoms with E-state index in [0.717, 1.165) is 29.0 Å². The summed E-state index contributed by atoms with van der Waals surface area (Å²) in [5, 5.41) is -0.247. The number of aromatic nitrogens is 1. The van der Waals surface area contributed by atoms with Gasteiger partial charge in [-0.1, -0.05) is 23.2 Å². The van der Waals surface area contributed by atoms with Crippen molar-refractivity contribution in [2.75, 3.05) is 6.61 Å². The third kappa shape index (κ3) is 2.38. The van der Waals surface area contributed by atoms with Crippen LogP contribution in [0.4, 0.5) is 4.39 Å². The average molecular weight is 344 g/mol. The quantitative estimate of drug-likeness (QED) is 0.796. The van der Waals surface area contributed by atoms with Crippen LogP contribution in [-0.2, 0) is 4.74 Å². The van der Waals surface area contributed by atoms with Gasteiger partial charge in [0.05, 0.1) is 28.4 Å². The first-order chi connectivity index (χ1) is 10.5. The highest BCUT2D eigenvalue weighted by Crippen LogP contribution is 2.44. The molecule has 1 aliphatic rings. The highest BCUT2D eigenvalue weighted by atomic mass is 35.5. The predicted molar refractivity (Wildman–Crippen MR) is 81.6 cm³/mol. The van der Waals surface area contributed by atoms with Crippen LogP contribution in [0.5, 0.6) is 0 Å². The minimum atomic E-state index is -0.816. The van der Waals surface area contributed by atoms with E-state index in [4.69, 9.17) is 27.9 Å². The van der Waals surface area contributed by atoms with Gasteiger partial charge in [-0.05, 0) is 37.3 Å². The van der Waals surface area contributed by atoms with Gasteiger partial charge in [0.15, 0.2) is 5.82 Å². The average Bonchev–Trinajstić information content (AvgIpc) is 3.30. The standard InChI is InChI=1S/C15H12Cl2FNO3/c1-2-22-15(21)9-5-8(7-3-4-7)13-12(17)11(16)10(18)6-19(13)14(9)20/h5-7H,2-4H2,1H3. The fourth-order valence-corrected chi connectivity index (χ4v) is 2.88. The number of ether oxygens (including phenoxy) is 1. The Balaban J connectivity index is 2.38. The monoisotopic (exact) mass is 343 g/mol. The van der Waals surface area contributed by atoms with Gasteiger partial charge in [0.2, 0.25) is 0 Å². The smallest absolute Gasteiger partial charge is 0.343 e. The van der Waals surface area contributed by atoms with Crippen LogP contribution in [-0.4, -0.2) is 17.0 Å². The molecule has 0 spiro atoms. The zero-order chi connectivity index (χ0) is 16.0. The van der Waals surface area contributed by atoms with E-state index >= 15 is 0 Å². The number of hydrogen-bond donors (Lipinski definition) is 0. The number of hydrogen-bond acceptors (Lipinski definition) is 3. The highest BCUT2D eigenvalue weighted by molar-refractivity contribution is 6.44. The van der Waals surface area contributed by atoms with Crippen molar-refractivity contribution in [3.63, 3.8) is 0 Å². The van der Waals surface area contributed by atoms with E-state index in [-0.39, 0.29) is 28.1 Å². The van der Waals surface area contributed by atoms with Gasteiger partial charge in [0.25, 0.3) is 5.56 Å². The topological polar surface area (TPSA) is 47.8 Å². The second kappa shape index (κ2) is 5.56. The molecule has 2 aromatic heterocycles. The van der Waals surface area contributed by atoms with Crippen molar-refractivity contribution in [3.8, 4) is 0 Å². The summed E-state index contributed by atoms with van der Waals surface area (Å²) in [6.45, 7) is 1.80. The molecule has 2 heterocycles. The summed E-state index contributed by atoms with van der Waals surface area (Å²) in [7, 11) is 0. The van der Waals surface area contributed by atoms with Gasteiger partial charge in [-0.25, -0.2) is 9.18 Å². The van der Waals surface area contributed by atoms with E-state index in [0.29, 0.717) is 5.52 Å². The number of pyridine rings is 2. The van der Waals surface area contributed by atoms with Gasteiger partial charge < -0.3 is 4.74 Å². The summed E-state index contributed by atoms with van der Waals surface area (Å²) < 4.78 is 19.8. The Hall–Kier alpha value is -1.59. The maximum Gasteiger partial charge on any atom is 0.343 e. The largest absolute Gasteiger partial charge is 0.462 e. The predicted octanol–water partition coefficient (Wildman–Crippen LogP) is 3.80. The molecule has 22 heavy (non-hydrogen) atoms. The van der Waals surface area contributed by atoms with Crippen molar-refractivity contribution in [1.82, 2.24) is 4.40 Å². The Labute approximate surface area is 135 Å². The number of carbonyl (C=O) groups is 1. The van der Waals surface area contributed by atoms with E-state index < -0.39 is 17.3 Å². The van der Waals surface area contributed by atoms with E-state index in [9.17, 15) is 14.0 Å². The van der Waals surface area contributed by atoms with Crippen LogP contribution < -0.4 is 5.56 Å². The lowest BCUT2D eigenvalue weighted by Crippen LogP contribution is -2.25. The van der Waals surface area contributed by atoms with E-state index in [2.05, 4.69) is 0 Å². The molecule has 4 nitrogen and oxygen atoms in total. The number of rotatable bonds is 3. The Kier molecular flexibility index (Phi) is 3.87. The number of nitrogens with zero attached hydrogens (tertiary/aromatic N) is 1. The number of halogens is 3. The maximum absolute atomic E-state index is 13.8. The number of esters is 1. The third-order valence-corrected chi connectivity index (χ3v) is 4.46. The van der Waals surface area contributed by atoms with Crippen LogP contribution in [0.15, 0.2) is 17.1 Å². The van der Waals surface area contributed by atoms with Crippen molar-refractivity contribution in [2.45, 2.75) is 25.7 Å². The number of carbonyl (C=O) groups excluding carboxylic acids is 1. The van der Waals surface area contributed by atoms with Gasteiger partial charge >= 0.3 is 5.97 Å². The molecule has 0 atom stereocenters. The lowest BCUT2D eigenvalue weighted by Gasteiger charge is -2.13. The lowest BCUT2D eigenvalue weighted by atomic mass is 10.1. The summed E-state index contributed by atoms with van der Waals surface area (Å²) >= 11 is 12.0. The Morgan fingerprint density at radius 1 is 1.41 bits per heavy atom. The van der Waals surface area contributed by atoms with Crippen molar-refractivity contribution >= 4 is 34.7 Å². The van der Waals surface area contributed by atoms with Crippen molar-refractivity contribution < 1.29 is 13.9 Å². The summed E-state index contributed by atoms with van der Waals surface area (Å²) in [5.41, 5.74) is 0.275. The zero-order valence-electron chi connectivity index (χ0n) is 11.7. The minimum absolute atomic E-state index is 0.0175. The molecule has 1 aliphatic carbocycles. The van der Waals surface area contributed by atoms with E-state index in [1.807, 2.05) is 0 Å². The summed E-state index contributed by atoms with van der Waals surface area (Å²) in [6.07, 6.45) is 2.80. The molecule has 2 aromatic rings. The molecule has 0 aliphatic heterocycles. The molecule has 0 unspecified atom stereocenters. The molecule has 0 bridgehead atoms. The molecule has 116 valence electrons. The van der Waals surface area contributed by atoms with Crippen LogP contribution in [0.2, 0.25) is 10.0 Å². The van der Waals surface area contributed by atoms with Crippen molar-refractivity contribution in [3.05, 3.63) is 49.6 Å². The Morgan fingerprint density at radius 2 is 2.09 bits per heavy atom. The van der Waals surface area contributed by atoms with Gasteiger partial charge in [-0.3, -0.25) is 9.20 Å². The van der Waals surface area contributed by atoms with Crippen molar-refractivity contribution in [2.24, 2.45) is 0 Å². The van der Waals surface area contributed by atoms with Crippen LogP contribution in [0.25, 0.3) is 5.52 Å². The van der Waals surface area contributed by atoms with E-state index in [1.165, 1.54) is 6.07 Å². The van der Waals surface area contributed by atoms with Crippen LogP contribution in [0.1, 0.15) is 41.6 Å². The SMILES string of the molecule is CCOC(=O)c1cc(C2CC2)c2c(Cl)c(Cl)c(F)cn2c1=O. The molecule has 0 N–H and O–H groups in total. The molecule has 0 aromatic carbocycles. The lowest BCUT2D eigenvalue weighted by molar-refractivity contribution is 0.0524. The molecule has 1 fully saturated rings. The van der Waals surface area contributed by atoms with Crippen LogP contribution >= 0.6 is 23.2 Å². The molecule has 0 radical (unpaired) electrons. The summed E-state index contributed by atoms with van der Waals surface area (Å²) in [6, 6.07) is 1.49. The summed E-state index contributed by atoms with van der Waals surface area (Å²) in [4.78, 5) is 24.4. The molecular weight excluding hydrogens is 332 g/mol. The first-order valence-electron chi connectivity index (χ1n) is 6.85. The molecule has 7 heteroatoms. The molecular formula is C15H12Cl2FNO3. The second-order valence-electron chi connectivity index (χ2n) is 5.14. The fraction of sp³-hybridized carbons (Fsp3) is 0.333. The van der Waals surface area contributed by atoms with Gasteiger partial charge in [0.1, 0.15) is 5.56 Å². The fourth-order valence-electron chi connectivity index (χ4n) is 2.45. The third-order valence-electron chi connectivity index (χ3n) is 3.63. The zero-order valence-corrected chi connectivity index (χ0v) is 13.2. The molecule has 3 rings (SSSR count). The Bertz CT molecular complexity index is 843. The first-order valence-corrected chi connectivity index (χ1v) is 7.61.